The Labute approximate surface area is 110 Å². The Bertz CT molecular complexity index is 329. The van der Waals surface area contributed by atoms with Crippen LogP contribution in [0.25, 0.3) is 0 Å². The SMILES string of the molecule is CN(C)CC1CCN(C(CN)c2ccco2)CC1. The van der Waals surface area contributed by atoms with Crippen molar-refractivity contribution in [3.63, 3.8) is 0 Å². The predicted molar refractivity (Wildman–Crippen MR) is 73.4 cm³/mol. The Morgan fingerprint density at radius 2 is 2.17 bits per heavy atom. The van der Waals surface area contributed by atoms with Crippen LogP contribution in [-0.2, 0) is 0 Å². The van der Waals surface area contributed by atoms with Crippen LogP contribution in [-0.4, -0.2) is 50.1 Å². The molecule has 2 heterocycles. The van der Waals surface area contributed by atoms with Gasteiger partial charge in [-0.05, 0) is 58.1 Å². The van der Waals surface area contributed by atoms with E-state index in [9.17, 15) is 0 Å². The van der Waals surface area contributed by atoms with E-state index in [0.29, 0.717) is 6.54 Å². The Morgan fingerprint density at radius 3 is 2.67 bits per heavy atom. The first kappa shape index (κ1) is 13.6. The highest BCUT2D eigenvalue weighted by Gasteiger charge is 2.26. The monoisotopic (exact) mass is 251 g/mol. The second kappa shape index (κ2) is 6.36. The molecule has 0 saturated carbocycles. The van der Waals surface area contributed by atoms with Crippen molar-refractivity contribution >= 4 is 0 Å². The van der Waals surface area contributed by atoms with Crippen molar-refractivity contribution in [3.8, 4) is 0 Å². The highest BCUT2D eigenvalue weighted by atomic mass is 16.3. The molecule has 1 atom stereocenters. The average Bonchev–Trinajstić information content (AvgIpc) is 2.85. The number of nitrogens with two attached hydrogens (primary N) is 1. The molecule has 2 N–H and O–H groups in total. The van der Waals surface area contributed by atoms with Crippen LogP contribution in [0, 0.1) is 5.92 Å². The molecule has 18 heavy (non-hydrogen) atoms. The van der Waals surface area contributed by atoms with Crippen LogP contribution in [0.2, 0.25) is 0 Å². The van der Waals surface area contributed by atoms with Gasteiger partial charge in [0.05, 0.1) is 12.3 Å². The molecule has 4 heteroatoms. The Hall–Kier alpha value is -0.840. The van der Waals surface area contributed by atoms with E-state index >= 15 is 0 Å². The topological polar surface area (TPSA) is 45.6 Å². The van der Waals surface area contributed by atoms with Gasteiger partial charge in [-0.3, -0.25) is 4.90 Å². The molecule has 2 rings (SSSR count). The van der Waals surface area contributed by atoms with E-state index in [0.717, 1.165) is 24.8 Å². The molecular formula is C14H25N3O. The number of nitrogens with zero attached hydrogens (tertiary/aromatic N) is 2. The molecule has 0 amide bonds. The zero-order chi connectivity index (χ0) is 13.0. The van der Waals surface area contributed by atoms with E-state index in [-0.39, 0.29) is 6.04 Å². The first-order valence-corrected chi connectivity index (χ1v) is 6.83. The van der Waals surface area contributed by atoms with E-state index in [4.69, 9.17) is 10.2 Å². The molecule has 1 unspecified atom stereocenters. The first-order valence-electron chi connectivity index (χ1n) is 6.83. The third-order valence-electron chi connectivity index (χ3n) is 3.81. The summed E-state index contributed by atoms with van der Waals surface area (Å²) in [6.07, 6.45) is 4.25. The van der Waals surface area contributed by atoms with Gasteiger partial charge in [-0.15, -0.1) is 0 Å². The largest absolute Gasteiger partial charge is 0.468 e. The van der Waals surface area contributed by atoms with Gasteiger partial charge in [0.25, 0.3) is 0 Å². The maximum Gasteiger partial charge on any atom is 0.122 e. The molecule has 1 aromatic heterocycles. The van der Waals surface area contributed by atoms with Gasteiger partial charge in [0.15, 0.2) is 0 Å². The van der Waals surface area contributed by atoms with Crippen LogP contribution in [0.1, 0.15) is 24.6 Å². The van der Waals surface area contributed by atoms with Crippen LogP contribution in [0.3, 0.4) is 0 Å². The molecule has 0 bridgehead atoms. The molecule has 0 spiro atoms. The fraction of sp³-hybridized carbons (Fsp3) is 0.714. The number of hydrogen-bond donors (Lipinski definition) is 1. The van der Waals surface area contributed by atoms with Gasteiger partial charge < -0.3 is 15.1 Å². The summed E-state index contributed by atoms with van der Waals surface area (Å²) in [5.41, 5.74) is 5.90. The summed E-state index contributed by atoms with van der Waals surface area (Å²) < 4.78 is 5.50. The van der Waals surface area contributed by atoms with Crippen LogP contribution in [0.4, 0.5) is 0 Å². The summed E-state index contributed by atoms with van der Waals surface area (Å²) in [5.74, 6) is 1.83. The van der Waals surface area contributed by atoms with Crippen molar-refractivity contribution in [3.05, 3.63) is 24.2 Å². The van der Waals surface area contributed by atoms with Crippen LogP contribution >= 0.6 is 0 Å². The summed E-state index contributed by atoms with van der Waals surface area (Å²) in [6.45, 7) is 4.08. The summed E-state index contributed by atoms with van der Waals surface area (Å²) in [7, 11) is 4.30. The number of furan rings is 1. The first-order chi connectivity index (χ1) is 8.70. The van der Waals surface area contributed by atoms with E-state index in [2.05, 4.69) is 23.9 Å². The van der Waals surface area contributed by atoms with Gasteiger partial charge in [0, 0.05) is 13.1 Å². The molecule has 0 radical (unpaired) electrons. The lowest BCUT2D eigenvalue weighted by molar-refractivity contribution is 0.111. The van der Waals surface area contributed by atoms with E-state index < -0.39 is 0 Å². The van der Waals surface area contributed by atoms with E-state index in [1.165, 1.54) is 19.4 Å². The van der Waals surface area contributed by atoms with Gasteiger partial charge in [0.1, 0.15) is 5.76 Å². The zero-order valence-electron chi connectivity index (χ0n) is 11.5. The normalized spacial score (nSPS) is 20.4. The highest BCUT2D eigenvalue weighted by Crippen LogP contribution is 2.26. The third-order valence-corrected chi connectivity index (χ3v) is 3.81. The fourth-order valence-electron chi connectivity index (χ4n) is 2.89. The molecule has 1 fully saturated rings. The summed E-state index contributed by atoms with van der Waals surface area (Å²) >= 11 is 0. The van der Waals surface area contributed by atoms with Gasteiger partial charge in [0.2, 0.25) is 0 Å². The smallest absolute Gasteiger partial charge is 0.122 e. The number of likely N-dealkylation sites (tertiary alicyclic amines) is 1. The summed E-state index contributed by atoms with van der Waals surface area (Å²) in [5, 5.41) is 0. The number of rotatable bonds is 5. The van der Waals surface area contributed by atoms with E-state index in [1.807, 2.05) is 12.1 Å². The van der Waals surface area contributed by atoms with E-state index in [1.54, 1.807) is 6.26 Å². The minimum atomic E-state index is 0.250. The molecule has 0 aromatic carbocycles. The lowest BCUT2D eigenvalue weighted by Crippen LogP contribution is -2.41. The van der Waals surface area contributed by atoms with Gasteiger partial charge in [-0.1, -0.05) is 0 Å². The minimum Gasteiger partial charge on any atom is -0.468 e. The highest BCUT2D eigenvalue weighted by molar-refractivity contribution is 5.05. The fourth-order valence-corrected chi connectivity index (χ4v) is 2.89. The molecule has 1 aliphatic rings. The summed E-state index contributed by atoms with van der Waals surface area (Å²) in [4.78, 5) is 4.75. The van der Waals surface area contributed by atoms with Crippen LogP contribution in [0.15, 0.2) is 22.8 Å². The second-order valence-electron chi connectivity index (χ2n) is 5.51. The van der Waals surface area contributed by atoms with Gasteiger partial charge in [-0.2, -0.15) is 0 Å². The molecule has 4 nitrogen and oxygen atoms in total. The Balaban J connectivity index is 1.88. The maximum absolute atomic E-state index is 5.90. The molecule has 0 aliphatic carbocycles. The van der Waals surface area contributed by atoms with Crippen molar-refractivity contribution < 1.29 is 4.42 Å². The Morgan fingerprint density at radius 1 is 1.44 bits per heavy atom. The lowest BCUT2D eigenvalue weighted by Gasteiger charge is -2.37. The van der Waals surface area contributed by atoms with Gasteiger partial charge in [-0.25, -0.2) is 0 Å². The van der Waals surface area contributed by atoms with Crippen molar-refractivity contribution in [2.24, 2.45) is 11.7 Å². The number of hydrogen-bond acceptors (Lipinski definition) is 4. The minimum absolute atomic E-state index is 0.250. The Kier molecular flexibility index (Phi) is 4.80. The molecule has 102 valence electrons. The molecular weight excluding hydrogens is 226 g/mol. The molecule has 1 aliphatic heterocycles. The lowest BCUT2D eigenvalue weighted by atomic mass is 9.95. The predicted octanol–water partition coefficient (Wildman–Crippen LogP) is 1.55. The third kappa shape index (κ3) is 3.34. The van der Waals surface area contributed by atoms with Gasteiger partial charge >= 0.3 is 0 Å². The average molecular weight is 251 g/mol. The molecule has 1 aromatic rings. The van der Waals surface area contributed by atoms with Crippen LogP contribution in [0.5, 0.6) is 0 Å². The number of piperidine rings is 1. The van der Waals surface area contributed by atoms with Crippen LogP contribution < -0.4 is 5.73 Å². The maximum atomic E-state index is 5.90. The zero-order valence-corrected chi connectivity index (χ0v) is 11.5. The standard InChI is InChI=1S/C14H25N3O/c1-16(2)11-12-5-7-17(8-6-12)13(10-15)14-4-3-9-18-14/h3-4,9,12-13H,5-8,10-11,15H2,1-2H3. The van der Waals surface area contributed by atoms with Crippen molar-refractivity contribution in [1.29, 1.82) is 0 Å². The van der Waals surface area contributed by atoms with Crippen molar-refractivity contribution in [1.82, 2.24) is 9.80 Å². The van der Waals surface area contributed by atoms with Crippen molar-refractivity contribution in [2.45, 2.75) is 18.9 Å². The van der Waals surface area contributed by atoms with Crippen molar-refractivity contribution in [2.75, 3.05) is 40.3 Å². The second-order valence-corrected chi connectivity index (χ2v) is 5.51. The molecule has 1 saturated heterocycles. The summed E-state index contributed by atoms with van der Waals surface area (Å²) in [6, 6.07) is 4.22. The quantitative estimate of drug-likeness (QED) is 0.862.